The fourth-order valence-electron chi connectivity index (χ4n) is 2.61. The summed E-state index contributed by atoms with van der Waals surface area (Å²) in [5, 5.41) is 10.6. The number of amides is 1. The van der Waals surface area contributed by atoms with E-state index in [4.69, 9.17) is 0 Å². The Morgan fingerprint density at radius 2 is 1.77 bits per heavy atom. The van der Waals surface area contributed by atoms with E-state index in [0.717, 1.165) is 38.3 Å². The van der Waals surface area contributed by atoms with E-state index in [1.807, 2.05) is 4.90 Å². The maximum absolute atomic E-state index is 12.0. The van der Waals surface area contributed by atoms with Crippen LogP contribution in [0.5, 0.6) is 0 Å². The highest BCUT2D eigenvalue weighted by molar-refractivity contribution is 5.76. The molecule has 0 N–H and O–H groups in total. The molecule has 1 aliphatic rings. The van der Waals surface area contributed by atoms with Crippen LogP contribution in [-0.4, -0.2) is 46.8 Å². The molecular formula is C16H23N3O3. The van der Waals surface area contributed by atoms with Gasteiger partial charge < -0.3 is 4.90 Å². The molecule has 1 fully saturated rings. The highest BCUT2D eigenvalue weighted by atomic mass is 16.6. The summed E-state index contributed by atoms with van der Waals surface area (Å²) in [5.41, 5.74) is 1.18. The fraction of sp³-hybridized carbons (Fsp3) is 0.562. The van der Waals surface area contributed by atoms with Crippen molar-refractivity contribution in [2.24, 2.45) is 5.92 Å². The van der Waals surface area contributed by atoms with Crippen molar-refractivity contribution in [3.63, 3.8) is 0 Å². The number of benzene rings is 1. The van der Waals surface area contributed by atoms with Gasteiger partial charge in [-0.05, 0) is 11.5 Å². The van der Waals surface area contributed by atoms with E-state index in [0.29, 0.717) is 12.3 Å². The summed E-state index contributed by atoms with van der Waals surface area (Å²) in [7, 11) is 0. The Morgan fingerprint density at radius 3 is 2.27 bits per heavy atom. The monoisotopic (exact) mass is 305 g/mol. The molecule has 0 atom stereocenters. The molecule has 0 radical (unpaired) electrons. The van der Waals surface area contributed by atoms with E-state index in [2.05, 4.69) is 18.7 Å². The topological polar surface area (TPSA) is 66.7 Å². The molecule has 1 saturated heterocycles. The summed E-state index contributed by atoms with van der Waals surface area (Å²) in [5.74, 6) is 0.635. The van der Waals surface area contributed by atoms with Crippen LogP contribution in [0.15, 0.2) is 24.3 Å². The molecule has 1 amide bonds. The number of hydrogen-bond donors (Lipinski definition) is 0. The molecule has 0 bridgehead atoms. The number of carbonyl (C=O) groups excluding carboxylic acids is 1. The van der Waals surface area contributed by atoms with Crippen molar-refractivity contribution < 1.29 is 9.72 Å². The van der Waals surface area contributed by atoms with E-state index in [1.165, 1.54) is 12.1 Å². The van der Waals surface area contributed by atoms with Crippen molar-refractivity contribution in [3.8, 4) is 0 Å². The molecular weight excluding hydrogens is 282 g/mol. The summed E-state index contributed by atoms with van der Waals surface area (Å²) in [4.78, 5) is 26.5. The van der Waals surface area contributed by atoms with Crippen molar-refractivity contribution in [1.82, 2.24) is 9.80 Å². The first-order valence-corrected chi connectivity index (χ1v) is 7.69. The van der Waals surface area contributed by atoms with Crippen LogP contribution in [-0.2, 0) is 11.3 Å². The highest BCUT2D eigenvalue weighted by Gasteiger charge is 2.21. The second-order valence-electron chi connectivity index (χ2n) is 6.18. The van der Waals surface area contributed by atoms with Gasteiger partial charge in [-0.3, -0.25) is 19.8 Å². The van der Waals surface area contributed by atoms with Gasteiger partial charge in [0.15, 0.2) is 0 Å². The minimum atomic E-state index is -0.386. The Kier molecular flexibility index (Phi) is 5.49. The van der Waals surface area contributed by atoms with E-state index < -0.39 is 0 Å². The second-order valence-corrected chi connectivity index (χ2v) is 6.18. The first-order valence-electron chi connectivity index (χ1n) is 7.69. The zero-order valence-electron chi connectivity index (χ0n) is 13.2. The zero-order chi connectivity index (χ0) is 16.1. The summed E-state index contributed by atoms with van der Waals surface area (Å²) < 4.78 is 0. The van der Waals surface area contributed by atoms with Gasteiger partial charge in [-0.1, -0.05) is 26.0 Å². The first-order chi connectivity index (χ1) is 10.5. The molecule has 0 aromatic heterocycles. The smallest absolute Gasteiger partial charge is 0.269 e. The standard InChI is InChI=1S/C16H23N3O3/c1-13(2)11-16(20)18-9-7-17(8-10-18)12-14-3-5-15(6-4-14)19(21)22/h3-6,13H,7-12H2,1-2H3. The Labute approximate surface area is 130 Å². The molecule has 22 heavy (non-hydrogen) atoms. The Balaban J connectivity index is 1.82. The average Bonchev–Trinajstić information content (AvgIpc) is 2.48. The van der Waals surface area contributed by atoms with Gasteiger partial charge in [-0.2, -0.15) is 0 Å². The fourth-order valence-corrected chi connectivity index (χ4v) is 2.61. The van der Waals surface area contributed by atoms with Crippen LogP contribution in [0, 0.1) is 16.0 Å². The molecule has 120 valence electrons. The van der Waals surface area contributed by atoms with Gasteiger partial charge in [-0.25, -0.2) is 0 Å². The van der Waals surface area contributed by atoms with Crippen molar-refractivity contribution in [2.45, 2.75) is 26.8 Å². The number of nitrogens with zero attached hydrogens (tertiary/aromatic N) is 3. The third-order valence-corrected chi connectivity index (χ3v) is 3.86. The van der Waals surface area contributed by atoms with E-state index >= 15 is 0 Å². The van der Waals surface area contributed by atoms with Gasteiger partial charge in [0.05, 0.1) is 4.92 Å². The number of nitro benzene ring substituents is 1. The predicted molar refractivity (Wildman–Crippen MR) is 84.4 cm³/mol. The minimum Gasteiger partial charge on any atom is -0.340 e. The molecule has 6 heteroatoms. The van der Waals surface area contributed by atoms with Gasteiger partial charge in [0.25, 0.3) is 5.69 Å². The van der Waals surface area contributed by atoms with Crippen LogP contribution in [0.4, 0.5) is 5.69 Å². The maximum Gasteiger partial charge on any atom is 0.269 e. The maximum atomic E-state index is 12.0. The van der Waals surface area contributed by atoms with Crippen LogP contribution in [0.25, 0.3) is 0 Å². The number of hydrogen-bond acceptors (Lipinski definition) is 4. The normalized spacial score (nSPS) is 16.0. The third-order valence-electron chi connectivity index (χ3n) is 3.86. The van der Waals surface area contributed by atoms with Crippen LogP contribution in [0.1, 0.15) is 25.8 Å². The average molecular weight is 305 g/mol. The number of non-ortho nitro benzene ring substituents is 1. The van der Waals surface area contributed by atoms with Gasteiger partial charge in [0.1, 0.15) is 0 Å². The number of carbonyl (C=O) groups is 1. The van der Waals surface area contributed by atoms with Crippen molar-refractivity contribution in [3.05, 3.63) is 39.9 Å². The van der Waals surface area contributed by atoms with Gasteiger partial charge in [-0.15, -0.1) is 0 Å². The second kappa shape index (κ2) is 7.35. The van der Waals surface area contributed by atoms with E-state index in [-0.39, 0.29) is 16.5 Å². The summed E-state index contributed by atoms with van der Waals surface area (Å²) in [6.07, 6.45) is 0.613. The molecule has 6 nitrogen and oxygen atoms in total. The Morgan fingerprint density at radius 1 is 1.18 bits per heavy atom. The van der Waals surface area contributed by atoms with Crippen LogP contribution >= 0.6 is 0 Å². The lowest BCUT2D eigenvalue weighted by Crippen LogP contribution is -2.48. The quantitative estimate of drug-likeness (QED) is 0.618. The third kappa shape index (κ3) is 4.53. The van der Waals surface area contributed by atoms with Crippen LogP contribution < -0.4 is 0 Å². The molecule has 1 heterocycles. The van der Waals surface area contributed by atoms with Crippen LogP contribution in [0.2, 0.25) is 0 Å². The molecule has 0 spiro atoms. The van der Waals surface area contributed by atoms with E-state index in [9.17, 15) is 14.9 Å². The zero-order valence-corrected chi connectivity index (χ0v) is 13.2. The van der Waals surface area contributed by atoms with Gasteiger partial charge >= 0.3 is 0 Å². The summed E-state index contributed by atoms with van der Waals surface area (Å²) >= 11 is 0. The lowest BCUT2D eigenvalue weighted by Gasteiger charge is -2.35. The highest BCUT2D eigenvalue weighted by Crippen LogP contribution is 2.15. The van der Waals surface area contributed by atoms with Gasteiger partial charge in [0.2, 0.25) is 5.91 Å². The van der Waals surface area contributed by atoms with Crippen LogP contribution in [0.3, 0.4) is 0 Å². The van der Waals surface area contributed by atoms with Crippen molar-refractivity contribution in [2.75, 3.05) is 26.2 Å². The van der Waals surface area contributed by atoms with E-state index in [1.54, 1.807) is 12.1 Å². The largest absolute Gasteiger partial charge is 0.340 e. The summed E-state index contributed by atoms with van der Waals surface area (Å²) in [6.45, 7) is 8.11. The van der Waals surface area contributed by atoms with Crippen molar-refractivity contribution >= 4 is 11.6 Å². The molecule has 1 aromatic carbocycles. The van der Waals surface area contributed by atoms with Crippen molar-refractivity contribution in [1.29, 1.82) is 0 Å². The lowest BCUT2D eigenvalue weighted by molar-refractivity contribution is -0.384. The number of piperazine rings is 1. The number of rotatable bonds is 5. The molecule has 0 unspecified atom stereocenters. The molecule has 1 aromatic rings. The lowest BCUT2D eigenvalue weighted by atomic mass is 10.1. The first kappa shape index (κ1) is 16.4. The molecule has 1 aliphatic heterocycles. The molecule has 0 saturated carbocycles. The molecule has 2 rings (SSSR count). The predicted octanol–water partition coefficient (Wildman–Crippen LogP) is 2.29. The Bertz CT molecular complexity index is 520. The summed E-state index contributed by atoms with van der Waals surface area (Å²) in [6, 6.07) is 6.68. The van der Waals surface area contributed by atoms with Gasteiger partial charge in [0, 0.05) is 51.3 Å². The Hall–Kier alpha value is -1.95. The SMILES string of the molecule is CC(C)CC(=O)N1CCN(Cc2ccc([N+](=O)[O-])cc2)CC1. The number of nitro groups is 1. The molecule has 0 aliphatic carbocycles. The minimum absolute atomic E-state index is 0.118.